The Bertz CT molecular complexity index is 1160. The van der Waals surface area contributed by atoms with Crippen LogP contribution in [-0.2, 0) is 0 Å². The lowest BCUT2D eigenvalue weighted by Crippen LogP contribution is -2.42. The second-order valence-corrected chi connectivity index (χ2v) is 7.44. The fourth-order valence-corrected chi connectivity index (χ4v) is 4.22. The molecule has 29 heavy (non-hydrogen) atoms. The lowest BCUT2D eigenvalue weighted by Gasteiger charge is -2.28. The number of rotatable bonds is 3. The van der Waals surface area contributed by atoms with E-state index >= 15 is 0 Å². The van der Waals surface area contributed by atoms with Crippen molar-refractivity contribution in [3.05, 3.63) is 69.7 Å². The number of aromatic nitrogens is 1. The first-order chi connectivity index (χ1) is 13.9. The van der Waals surface area contributed by atoms with E-state index in [0.717, 1.165) is 16.8 Å². The summed E-state index contributed by atoms with van der Waals surface area (Å²) in [5.74, 6) is -0.190. The van der Waals surface area contributed by atoms with Crippen molar-refractivity contribution < 1.29 is 15.0 Å². The Kier molecular flexibility index (Phi) is 4.66. The second kappa shape index (κ2) is 7.30. The van der Waals surface area contributed by atoms with Crippen LogP contribution in [0.1, 0.15) is 29.1 Å². The Morgan fingerprint density at radius 2 is 1.83 bits per heavy atom. The number of urea groups is 1. The summed E-state index contributed by atoms with van der Waals surface area (Å²) < 4.78 is 0. The zero-order chi connectivity index (χ0) is 20.5. The van der Waals surface area contributed by atoms with E-state index in [0.29, 0.717) is 21.8 Å². The number of hydrogen-bond acceptors (Lipinski definition) is 6. The van der Waals surface area contributed by atoms with Gasteiger partial charge in [0.1, 0.15) is 16.5 Å². The van der Waals surface area contributed by atoms with Crippen LogP contribution >= 0.6 is 11.3 Å². The zero-order valence-corrected chi connectivity index (χ0v) is 16.1. The minimum atomic E-state index is -0.582. The van der Waals surface area contributed by atoms with E-state index in [1.807, 2.05) is 17.5 Å². The number of nitrogens with zero attached hydrogens (tertiary/aromatic N) is 2. The van der Waals surface area contributed by atoms with E-state index in [4.69, 9.17) is 10.2 Å². The molecule has 4 rings (SSSR count). The van der Waals surface area contributed by atoms with Gasteiger partial charge in [-0.1, -0.05) is 12.1 Å². The molecule has 2 heterocycles. The van der Waals surface area contributed by atoms with Crippen LogP contribution in [0.5, 0.6) is 11.5 Å². The molecule has 3 aromatic rings. The Hall–Kier alpha value is -3.83. The molecule has 0 radical (unpaired) electrons. The van der Waals surface area contributed by atoms with Gasteiger partial charge in [-0.2, -0.15) is 5.26 Å². The minimum Gasteiger partial charge on any atom is -0.508 e. The van der Waals surface area contributed by atoms with Crippen molar-refractivity contribution in [2.75, 3.05) is 0 Å². The van der Waals surface area contributed by atoms with E-state index in [1.165, 1.54) is 29.5 Å². The largest absolute Gasteiger partial charge is 0.508 e. The highest BCUT2D eigenvalue weighted by atomic mass is 32.1. The zero-order valence-electron chi connectivity index (χ0n) is 15.3. The number of benzene rings is 2. The highest BCUT2D eigenvalue weighted by Gasteiger charge is 2.30. The molecule has 0 bridgehead atoms. The lowest BCUT2D eigenvalue weighted by molar-refractivity contribution is 0.240. The number of phenolic OH excluding ortho intramolecular Hbond substituents is 2. The number of allylic oxidation sites excluding steroid dienone is 1. The van der Waals surface area contributed by atoms with Crippen molar-refractivity contribution in [3.8, 4) is 28.8 Å². The number of carbonyl (C=O) groups excluding carboxylic acids is 1. The highest BCUT2D eigenvalue weighted by molar-refractivity contribution is 7.11. The summed E-state index contributed by atoms with van der Waals surface area (Å²) in [5, 5.41) is 36.9. The molecule has 0 fully saturated rings. The number of phenols is 2. The van der Waals surface area contributed by atoms with Crippen molar-refractivity contribution >= 4 is 22.9 Å². The van der Waals surface area contributed by atoms with Gasteiger partial charge in [-0.05, 0) is 36.8 Å². The normalized spacial score (nSPS) is 16.1. The fraction of sp³-hybridized carbons (Fsp3) is 0.0952. The predicted molar refractivity (Wildman–Crippen MR) is 109 cm³/mol. The highest BCUT2D eigenvalue weighted by Crippen LogP contribution is 2.39. The van der Waals surface area contributed by atoms with E-state index in [1.54, 1.807) is 19.1 Å². The van der Waals surface area contributed by atoms with Crippen LogP contribution in [-0.4, -0.2) is 21.2 Å². The van der Waals surface area contributed by atoms with Crippen LogP contribution in [0.3, 0.4) is 0 Å². The van der Waals surface area contributed by atoms with Crippen molar-refractivity contribution in [2.45, 2.75) is 13.0 Å². The first-order valence-electron chi connectivity index (χ1n) is 8.72. The molecule has 0 aliphatic carbocycles. The average Bonchev–Trinajstić information content (AvgIpc) is 3.16. The maximum atomic E-state index is 12.1. The van der Waals surface area contributed by atoms with Crippen LogP contribution in [0, 0.1) is 11.3 Å². The third-order valence-corrected chi connectivity index (χ3v) is 5.45. The Morgan fingerprint density at radius 1 is 1.14 bits per heavy atom. The SMILES string of the molecule is CC1=C(c2nc(-c3ccc(C#N)cc3)cs2)C(c2cc(O)cc(O)c2)NC(=O)N1. The molecule has 7 nitrogen and oxygen atoms in total. The smallest absolute Gasteiger partial charge is 0.319 e. The number of nitriles is 1. The first kappa shape index (κ1) is 18.5. The molecule has 2 aromatic carbocycles. The molecule has 0 saturated heterocycles. The van der Waals surface area contributed by atoms with E-state index < -0.39 is 6.04 Å². The molecule has 1 aliphatic heterocycles. The average molecular weight is 404 g/mol. The molecule has 0 saturated carbocycles. The molecule has 1 aliphatic rings. The van der Waals surface area contributed by atoms with Gasteiger partial charge in [-0.3, -0.25) is 0 Å². The molecular weight excluding hydrogens is 388 g/mol. The monoisotopic (exact) mass is 404 g/mol. The molecule has 2 amide bonds. The van der Waals surface area contributed by atoms with Gasteiger partial charge in [0.05, 0.1) is 23.4 Å². The minimum absolute atomic E-state index is 0.0952. The number of aromatic hydroxyl groups is 2. The van der Waals surface area contributed by atoms with Gasteiger partial charge in [-0.15, -0.1) is 11.3 Å². The van der Waals surface area contributed by atoms with Crippen LogP contribution < -0.4 is 10.6 Å². The van der Waals surface area contributed by atoms with Crippen molar-refractivity contribution in [2.24, 2.45) is 0 Å². The summed E-state index contributed by atoms with van der Waals surface area (Å²) in [6.45, 7) is 1.78. The molecule has 0 spiro atoms. The van der Waals surface area contributed by atoms with Crippen molar-refractivity contribution in [3.63, 3.8) is 0 Å². The van der Waals surface area contributed by atoms with E-state index in [-0.39, 0.29) is 17.5 Å². The van der Waals surface area contributed by atoms with Crippen molar-refractivity contribution in [1.29, 1.82) is 5.26 Å². The summed E-state index contributed by atoms with van der Waals surface area (Å²) in [6, 6.07) is 12.5. The van der Waals surface area contributed by atoms with Crippen molar-refractivity contribution in [1.82, 2.24) is 15.6 Å². The third-order valence-electron chi connectivity index (χ3n) is 4.57. The number of carbonyl (C=O) groups is 1. The number of hydrogen-bond donors (Lipinski definition) is 4. The van der Waals surface area contributed by atoms with Gasteiger partial charge in [0.2, 0.25) is 0 Å². The van der Waals surface area contributed by atoms with E-state index in [2.05, 4.69) is 16.7 Å². The van der Waals surface area contributed by atoms with Gasteiger partial charge >= 0.3 is 6.03 Å². The molecule has 1 unspecified atom stereocenters. The second-order valence-electron chi connectivity index (χ2n) is 6.58. The summed E-state index contributed by atoms with van der Waals surface area (Å²) in [6.07, 6.45) is 0. The molecular formula is C21H16N4O3S. The number of nitrogens with one attached hydrogen (secondary N) is 2. The Labute approximate surface area is 170 Å². The van der Waals surface area contributed by atoms with E-state index in [9.17, 15) is 15.0 Å². The molecule has 1 aromatic heterocycles. The van der Waals surface area contributed by atoms with Gasteiger partial charge in [0.25, 0.3) is 0 Å². The molecule has 1 atom stereocenters. The Morgan fingerprint density at radius 3 is 2.48 bits per heavy atom. The van der Waals surface area contributed by atoms with Crippen LogP contribution in [0.2, 0.25) is 0 Å². The third kappa shape index (κ3) is 3.63. The molecule has 8 heteroatoms. The first-order valence-corrected chi connectivity index (χ1v) is 9.60. The summed E-state index contributed by atoms with van der Waals surface area (Å²) in [4.78, 5) is 16.8. The summed E-state index contributed by atoms with van der Waals surface area (Å²) in [5.41, 5.74) is 4.14. The van der Waals surface area contributed by atoms with Gasteiger partial charge < -0.3 is 20.8 Å². The maximum absolute atomic E-state index is 12.1. The standard InChI is InChI=1S/C21H16N4O3S/c1-11-18(19(25-21(28)23-11)14-6-15(26)8-16(27)7-14)20-24-17(10-29-20)13-4-2-12(9-22)3-5-13/h2-8,10,19,26-27H,1H3,(H2,23,25,28). The molecule has 4 N–H and O–H groups in total. The van der Waals surface area contributed by atoms with Crippen LogP contribution in [0.15, 0.2) is 53.5 Å². The van der Waals surface area contributed by atoms with Gasteiger partial charge in [0, 0.05) is 28.3 Å². The quantitative estimate of drug-likeness (QED) is 0.528. The van der Waals surface area contributed by atoms with Crippen LogP contribution in [0.4, 0.5) is 4.79 Å². The van der Waals surface area contributed by atoms with Gasteiger partial charge in [0.15, 0.2) is 0 Å². The van der Waals surface area contributed by atoms with Crippen LogP contribution in [0.25, 0.3) is 16.8 Å². The summed E-state index contributed by atoms with van der Waals surface area (Å²) in [7, 11) is 0. The topological polar surface area (TPSA) is 118 Å². The lowest BCUT2D eigenvalue weighted by atomic mass is 9.95. The fourth-order valence-electron chi connectivity index (χ4n) is 3.26. The summed E-state index contributed by atoms with van der Waals surface area (Å²) >= 11 is 1.42. The predicted octanol–water partition coefficient (Wildman–Crippen LogP) is 3.88. The maximum Gasteiger partial charge on any atom is 0.319 e. The van der Waals surface area contributed by atoms with Gasteiger partial charge in [-0.25, -0.2) is 9.78 Å². The Balaban J connectivity index is 1.76. The number of thiazole rings is 1. The number of amides is 2. The molecule has 144 valence electrons.